The Hall–Kier alpha value is -4.12. The van der Waals surface area contributed by atoms with Crippen LogP contribution in [0.25, 0.3) is 0 Å². The van der Waals surface area contributed by atoms with Gasteiger partial charge in [0.25, 0.3) is 0 Å². The molecular formula is C29H36N6O5. The van der Waals surface area contributed by atoms with E-state index in [4.69, 9.17) is 23.9 Å². The number of carbonyl (C=O) groups excluding carboxylic acids is 1. The second-order valence-electron chi connectivity index (χ2n) is 10.7. The van der Waals surface area contributed by atoms with Gasteiger partial charge in [0.15, 0.2) is 0 Å². The Morgan fingerprint density at radius 2 is 1.90 bits per heavy atom. The van der Waals surface area contributed by atoms with Crippen LogP contribution in [0.1, 0.15) is 37.6 Å². The zero-order valence-electron chi connectivity index (χ0n) is 23.7. The largest absolute Gasteiger partial charge is 0.491 e. The number of nitrogens with one attached hydrogen (secondary N) is 1. The minimum Gasteiger partial charge on any atom is -0.491 e. The fourth-order valence-electron chi connectivity index (χ4n) is 4.72. The Labute approximate surface area is 234 Å². The van der Waals surface area contributed by atoms with Crippen LogP contribution in [-0.2, 0) is 22.4 Å². The molecule has 5 rings (SSSR count). The molecular weight excluding hydrogens is 512 g/mol. The molecule has 0 bridgehead atoms. The summed E-state index contributed by atoms with van der Waals surface area (Å²) in [7, 11) is 1.65. The van der Waals surface area contributed by atoms with Gasteiger partial charge in [0.05, 0.1) is 37.3 Å². The van der Waals surface area contributed by atoms with E-state index in [0.717, 1.165) is 46.9 Å². The third-order valence-electron chi connectivity index (χ3n) is 6.64. The first-order chi connectivity index (χ1) is 19.2. The number of amides is 1. The normalized spacial score (nSPS) is 14.6. The summed E-state index contributed by atoms with van der Waals surface area (Å²) < 4.78 is 22.1. The van der Waals surface area contributed by atoms with Gasteiger partial charge in [-0.25, -0.2) is 19.7 Å². The topological polar surface area (TPSA) is 111 Å². The molecule has 1 N–H and O–H groups in total. The highest BCUT2D eigenvalue weighted by Gasteiger charge is 2.32. The highest BCUT2D eigenvalue weighted by atomic mass is 16.6. The Balaban J connectivity index is 1.33. The van der Waals surface area contributed by atoms with Crippen molar-refractivity contribution in [1.82, 2.24) is 15.0 Å². The Bertz CT molecular complexity index is 1360. The highest BCUT2D eigenvalue weighted by molar-refractivity contribution is 5.92. The van der Waals surface area contributed by atoms with Crippen LogP contribution < -0.4 is 24.6 Å². The van der Waals surface area contributed by atoms with E-state index in [2.05, 4.69) is 20.2 Å². The SMILES string of the molecule is COCCOc1ccc(Nc2ncc3c(n2)CN(c2cnc4c(c2C)N(C(=O)OC(C)(C)C)CCO4)CC3)cc1. The van der Waals surface area contributed by atoms with Crippen LogP contribution >= 0.6 is 0 Å². The van der Waals surface area contributed by atoms with E-state index in [0.29, 0.717) is 50.4 Å². The van der Waals surface area contributed by atoms with Crippen molar-refractivity contribution in [3.05, 3.63) is 53.5 Å². The Kier molecular flexibility index (Phi) is 7.92. The van der Waals surface area contributed by atoms with Crippen molar-refractivity contribution in [3.63, 3.8) is 0 Å². The average Bonchev–Trinajstić information content (AvgIpc) is 2.93. The molecule has 0 saturated carbocycles. The van der Waals surface area contributed by atoms with Crippen molar-refractivity contribution < 1.29 is 23.7 Å². The number of pyridine rings is 1. The van der Waals surface area contributed by atoms with Gasteiger partial charge in [-0.05, 0) is 63.9 Å². The lowest BCUT2D eigenvalue weighted by atomic mass is 10.0. The van der Waals surface area contributed by atoms with Crippen LogP contribution in [0.15, 0.2) is 36.7 Å². The molecule has 0 aliphatic carbocycles. The number of benzene rings is 1. The van der Waals surface area contributed by atoms with Crippen LogP contribution in [0, 0.1) is 6.92 Å². The molecule has 2 aliphatic heterocycles. The van der Waals surface area contributed by atoms with Gasteiger partial charge in [-0.1, -0.05) is 0 Å². The number of hydrogen-bond acceptors (Lipinski definition) is 10. The second kappa shape index (κ2) is 11.5. The number of nitrogens with zero attached hydrogens (tertiary/aromatic N) is 5. The van der Waals surface area contributed by atoms with Crippen LogP contribution in [-0.4, -0.2) is 66.7 Å². The minimum absolute atomic E-state index is 0.366. The number of ether oxygens (including phenoxy) is 4. The van der Waals surface area contributed by atoms with Crippen molar-refractivity contribution in [2.45, 2.75) is 46.3 Å². The van der Waals surface area contributed by atoms with Gasteiger partial charge in [-0.2, -0.15) is 0 Å². The van der Waals surface area contributed by atoms with Crippen LogP contribution in [0.5, 0.6) is 11.6 Å². The molecule has 3 aromatic rings. The molecule has 11 nitrogen and oxygen atoms in total. The number of anilines is 4. The molecule has 0 fully saturated rings. The van der Waals surface area contributed by atoms with E-state index in [1.54, 1.807) is 12.0 Å². The predicted octanol–water partition coefficient (Wildman–Crippen LogP) is 4.65. The van der Waals surface area contributed by atoms with Gasteiger partial charge in [-0.15, -0.1) is 0 Å². The van der Waals surface area contributed by atoms with Gasteiger partial charge in [-0.3, -0.25) is 4.90 Å². The molecule has 2 aromatic heterocycles. The lowest BCUT2D eigenvalue weighted by Crippen LogP contribution is -2.42. The maximum absolute atomic E-state index is 13.0. The number of hydrogen-bond donors (Lipinski definition) is 1. The lowest BCUT2D eigenvalue weighted by Gasteiger charge is -2.35. The number of carbonyl (C=O) groups is 1. The molecule has 1 aromatic carbocycles. The second-order valence-corrected chi connectivity index (χ2v) is 10.7. The van der Waals surface area contributed by atoms with E-state index >= 15 is 0 Å². The number of methoxy groups -OCH3 is 1. The molecule has 0 spiro atoms. The molecule has 11 heteroatoms. The van der Waals surface area contributed by atoms with E-state index in [1.807, 2.05) is 64.4 Å². The number of fused-ring (bicyclic) bond motifs is 2. The van der Waals surface area contributed by atoms with Gasteiger partial charge >= 0.3 is 6.09 Å². The summed E-state index contributed by atoms with van der Waals surface area (Å²) in [4.78, 5) is 30.8. The van der Waals surface area contributed by atoms with Crippen LogP contribution in [0.2, 0.25) is 0 Å². The molecule has 0 saturated heterocycles. The molecule has 1 amide bonds. The van der Waals surface area contributed by atoms with E-state index in [1.165, 1.54) is 0 Å². The first-order valence-corrected chi connectivity index (χ1v) is 13.4. The van der Waals surface area contributed by atoms with Crippen molar-refractivity contribution in [1.29, 1.82) is 0 Å². The smallest absolute Gasteiger partial charge is 0.415 e. The van der Waals surface area contributed by atoms with E-state index in [9.17, 15) is 4.79 Å². The first-order valence-electron chi connectivity index (χ1n) is 13.4. The fraction of sp³-hybridized carbons (Fsp3) is 0.448. The highest BCUT2D eigenvalue weighted by Crippen LogP contribution is 2.39. The molecule has 2 aliphatic rings. The standard InChI is InChI=1S/C29H36N6O5/c1-19-24(17-30-26-25(19)35(12-13-39-26)28(36)40-29(2,3)4)34-11-10-20-16-31-27(33-23(20)18-34)32-21-6-8-22(9-7-21)38-15-14-37-5/h6-9,16-17H,10-15,18H2,1-5H3,(H,31,32,33). The summed E-state index contributed by atoms with van der Waals surface area (Å²) >= 11 is 0. The van der Waals surface area contributed by atoms with Crippen LogP contribution in [0.3, 0.4) is 0 Å². The summed E-state index contributed by atoms with van der Waals surface area (Å²) in [5, 5.41) is 3.28. The Morgan fingerprint density at radius 1 is 1.10 bits per heavy atom. The van der Waals surface area contributed by atoms with Gasteiger partial charge in [0, 0.05) is 31.1 Å². The molecule has 0 radical (unpaired) electrons. The van der Waals surface area contributed by atoms with Gasteiger partial charge in [0.1, 0.15) is 30.3 Å². The lowest BCUT2D eigenvalue weighted by molar-refractivity contribution is 0.0566. The summed E-state index contributed by atoms with van der Waals surface area (Å²) in [6.45, 7) is 10.7. The molecule has 0 atom stereocenters. The summed E-state index contributed by atoms with van der Waals surface area (Å²) in [6.07, 6.45) is 4.10. The summed E-state index contributed by atoms with van der Waals surface area (Å²) in [5.74, 6) is 1.74. The zero-order valence-corrected chi connectivity index (χ0v) is 23.7. The summed E-state index contributed by atoms with van der Waals surface area (Å²) in [5.41, 5.74) is 4.83. The first kappa shape index (κ1) is 27.4. The maximum Gasteiger partial charge on any atom is 0.415 e. The van der Waals surface area contributed by atoms with Gasteiger partial charge in [0.2, 0.25) is 11.8 Å². The fourth-order valence-corrected chi connectivity index (χ4v) is 4.72. The molecule has 40 heavy (non-hydrogen) atoms. The molecule has 212 valence electrons. The summed E-state index contributed by atoms with van der Waals surface area (Å²) in [6, 6.07) is 7.65. The predicted molar refractivity (Wildman–Crippen MR) is 152 cm³/mol. The number of rotatable bonds is 7. The van der Waals surface area contributed by atoms with Crippen molar-refractivity contribution in [2.24, 2.45) is 0 Å². The van der Waals surface area contributed by atoms with Crippen molar-refractivity contribution in [2.75, 3.05) is 55.1 Å². The van der Waals surface area contributed by atoms with E-state index in [-0.39, 0.29) is 0 Å². The quantitative estimate of drug-likeness (QED) is 0.419. The van der Waals surface area contributed by atoms with Crippen LogP contribution in [0.4, 0.5) is 27.8 Å². The third kappa shape index (κ3) is 6.20. The van der Waals surface area contributed by atoms with Crippen molar-refractivity contribution >= 4 is 29.1 Å². The molecule has 4 heterocycles. The average molecular weight is 549 g/mol. The Morgan fingerprint density at radius 3 is 2.65 bits per heavy atom. The minimum atomic E-state index is -0.601. The van der Waals surface area contributed by atoms with Gasteiger partial charge < -0.3 is 29.2 Å². The third-order valence-corrected chi connectivity index (χ3v) is 6.64. The maximum atomic E-state index is 13.0. The van der Waals surface area contributed by atoms with E-state index < -0.39 is 11.7 Å². The number of aromatic nitrogens is 3. The zero-order chi connectivity index (χ0) is 28.3. The molecule has 0 unspecified atom stereocenters. The monoisotopic (exact) mass is 548 g/mol. The van der Waals surface area contributed by atoms with Crippen molar-refractivity contribution in [3.8, 4) is 11.6 Å².